The summed E-state index contributed by atoms with van der Waals surface area (Å²) in [5, 5.41) is 2.66. The van der Waals surface area contributed by atoms with Crippen LogP contribution < -0.4 is 10.1 Å². The van der Waals surface area contributed by atoms with E-state index in [-0.39, 0.29) is 12.3 Å². The van der Waals surface area contributed by atoms with E-state index in [1.165, 1.54) is 0 Å². The summed E-state index contributed by atoms with van der Waals surface area (Å²) in [6, 6.07) is 7.05. The molecule has 72 valence electrons. The summed E-state index contributed by atoms with van der Waals surface area (Å²) in [6.45, 7) is 0. The van der Waals surface area contributed by atoms with Crippen LogP contribution in [0.1, 0.15) is 6.42 Å². The Labute approximate surface area is 83.1 Å². The molecule has 3 heteroatoms. The van der Waals surface area contributed by atoms with E-state index in [4.69, 9.17) is 11.2 Å². The highest BCUT2D eigenvalue weighted by atomic mass is 16.5. The second-order valence-corrected chi connectivity index (χ2v) is 2.66. The van der Waals surface area contributed by atoms with Crippen molar-refractivity contribution in [1.29, 1.82) is 0 Å². The Morgan fingerprint density at radius 3 is 2.64 bits per heavy atom. The van der Waals surface area contributed by atoms with Gasteiger partial charge < -0.3 is 10.1 Å². The van der Waals surface area contributed by atoms with Crippen LogP contribution in [0.4, 0.5) is 5.69 Å². The number of terminal acetylenes is 1. The van der Waals surface area contributed by atoms with Crippen LogP contribution in [0.2, 0.25) is 0 Å². The Morgan fingerprint density at radius 1 is 1.50 bits per heavy atom. The number of rotatable bonds is 3. The van der Waals surface area contributed by atoms with Gasteiger partial charge in [-0.2, -0.15) is 0 Å². The number of nitrogens with one attached hydrogen (secondary N) is 1. The van der Waals surface area contributed by atoms with E-state index in [0.29, 0.717) is 5.69 Å². The number of carbonyl (C=O) groups excluding carboxylic acids is 1. The molecule has 1 amide bonds. The fourth-order valence-electron chi connectivity index (χ4n) is 0.972. The Hall–Kier alpha value is -1.95. The summed E-state index contributed by atoms with van der Waals surface area (Å²) in [7, 11) is 1.59. The van der Waals surface area contributed by atoms with Crippen molar-refractivity contribution in [1.82, 2.24) is 0 Å². The quantitative estimate of drug-likeness (QED) is 0.734. The molecule has 0 atom stereocenters. The summed E-state index contributed by atoms with van der Waals surface area (Å²) in [4.78, 5) is 11.1. The van der Waals surface area contributed by atoms with Crippen LogP contribution in [0.25, 0.3) is 0 Å². The molecule has 14 heavy (non-hydrogen) atoms. The van der Waals surface area contributed by atoms with E-state index in [0.717, 1.165) is 5.75 Å². The molecule has 0 bridgehead atoms. The minimum absolute atomic E-state index is 0.0893. The molecule has 1 rings (SSSR count). The van der Waals surface area contributed by atoms with Crippen LogP contribution in [0.5, 0.6) is 5.75 Å². The van der Waals surface area contributed by atoms with Gasteiger partial charge in [0.05, 0.1) is 13.5 Å². The predicted molar refractivity (Wildman–Crippen MR) is 55.1 cm³/mol. The fraction of sp³-hybridized carbons (Fsp3) is 0.182. The van der Waals surface area contributed by atoms with Gasteiger partial charge in [-0.3, -0.25) is 4.79 Å². The molecule has 0 heterocycles. The smallest absolute Gasteiger partial charge is 0.236 e. The number of anilines is 1. The van der Waals surface area contributed by atoms with Crippen molar-refractivity contribution in [3.8, 4) is 18.1 Å². The molecule has 0 aliphatic carbocycles. The van der Waals surface area contributed by atoms with Gasteiger partial charge in [-0.05, 0) is 24.3 Å². The van der Waals surface area contributed by atoms with Crippen molar-refractivity contribution >= 4 is 11.6 Å². The molecule has 0 radical (unpaired) electrons. The molecule has 0 aliphatic rings. The number of hydrogen-bond donors (Lipinski definition) is 1. The van der Waals surface area contributed by atoms with Crippen molar-refractivity contribution in [3.05, 3.63) is 24.3 Å². The first kappa shape index (κ1) is 10.1. The van der Waals surface area contributed by atoms with Gasteiger partial charge in [0, 0.05) is 5.69 Å². The zero-order valence-corrected chi connectivity index (χ0v) is 7.91. The lowest BCUT2D eigenvalue weighted by atomic mass is 10.3. The molecule has 0 saturated heterocycles. The van der Waals surface area contributed by atoms with Crippen molar-refractivity contribution in [3.63, 3.8) is 0 Å². The van der Waals surface area contributed by atoms with E-state index in [1.54, 1.807) is 31.4 Å². The number of ether oxygens (including phenoxy) is 1. The number of methoxy groups -OCH3 is 1. The van der Waals surface area contributed by atoms with Crippen molar-refractivity contribution < 1.29 is 9.53 Å². The Kier molecular flexibility index (Phi) is 3.57. The second kappa shape index (κ2) is 4.93. The molecule has 0 fully saturated rings. The lowest BCUT2D eigenvalue weighted by Gasteiger charge is -2.03. The van der Waals surface area contributed by atoms with Crippen LogP contribution >= 0.6 is 0 Å². The standard InChI is InChI=1S/C11H11NO2/c1-3-4-11(13)12-9-5-7-10(14-2)8-6-9/h1,5-8H,4H2,2H3,(H,12,13). The maximum absolute atomic E-state index is 11.1. The first-order valence-corrected chi connectivity index (χ1v) is 4.13. The van der Waals surface area contributed by atoms with Gasteiger partial charge in [0.1, 0.15) is 5.75 Å². The Bertz CT molecular complexity index is 349. The monoisotopic (exact) mass is 189 g/mol. The summed E-state index contributed by atoms with van der Waals surface area (Å²) in [6.07, 6.45) is 5.09. The van der Waals surface area contributed by atoms with Crippen molar-refractivity contribution in [2.75, 3.05) is 12.4 Å². The summed E-state index contributed by atoms with van der Waals surface area (Å²) in [5.74, 6) is 2.84. The number of carbonyl (C=O) groups is 1. The van der Waals surface area contributed by atoms with E-state index in [1.807, 2.05) is 0 Å². The van der Waals surface area contributed by atoms with Crippen LogP contribution in [-0.2, 0) is 4.79 Å². The maximum atomic E-state index is 11.1. The molecule has 0 aliphatic heterocycles. The first-order valence-electron chi connectivity index (χ1n) is 4.13. The molecular formula is C11H11NO2. The first-order chi connectivity index (χ1) is 6.76. The number of amides is 1. The van der Waals surface area contributed by atoms with Gasteiger partial charge in [-0.1, -0.05) is 5.92 Å². The topological polar surface area (TPSA) is 38.3 Å². The zero-order chi connectivity index (χ0) is 10.4. The van der Waals surface area contributed by atoms with Gasteiger partial charge >= 0.3 is 0 Å². The van der Waals surface area contributed by atoms with E-state index >= 15 is 0 Å². The lowest BCUT2D eigenvalue weighted by molar-refractivity contribution is -0.115. The molecule has 3 nitrogen and oxygen atoms in total. The lowest BCUT2D eigenvalue weighted by Crippen LogP contribution is -2.09. The second-order valence-electron chi connectivity index (χ2n) is 2.66. The van der Waals surface area contributed by atoms with Gasteiger partial charge in [0.2, 0.25) is 5.91 Å². The molecule has 0 aromatic heterocycles. The van der Waals surface area contributed by atoms with E-state index in [2.05, 4.69) is 11.2 Å². The molecule has 1 aromatic carbocycles. The maximum Gasteiger partial charge on any atom is 0.236 e. The van der Waals surface area contributed by atoms with Crippen LogP contribution in [0.15, 0.2) is 24.3 Å². The van der Waals surface area contributed by atoms with E-state index in [9.17, 15) is 4.79 Å². The normalized spacial score (nSPS) is 8.86. The average molecular weight is 189 g/mol. The highest BCUT2D eigenvalue weighted by Crippen LogP contribution is 2.14. The van der Waals surface area contributed by atoms with Gasteiger partial charge in [-0.25, -0.2) is 0 Å². The van der Waals surface area contributed by atoms with Gasteiger partial charge in [0.25, 0.3) is 0 Å². The van der Waals surface area contributed by atoms with E-state index < -0.39 is 0 Å². The molecular weight excluding hydrogens is 178 g/mol. The molecule has 0 saturated carbocycles. The molecule has 0 spiro atoms. The summed E-state index contributed by atoms with van der Waals surface area (Å²) >= 11 is 0. The predicted octanol–water partition coefficient (Wildman–Crippen LogP) is 1.66. The van der Waals surface area contributed by atoms with Crippen molar-refractivity contribution in [2.24, 2.45) is 0 Å². The fourth-order valence-corrected chi connectivity index (χ4v) is 0.972. The highest BCUT2D eigenvalue weighted by Gasteiger charge is 1.99. The third-order valence-electron chi connectivity index (χ3n) is 1.64. The third kappa shape index (κ3) is 2.83. The van der Waals surface area contributed by atoms with Crippen molar-refractivity contribution in [2.45, 2.75) is 6.42 Å². The molecule has 0 unspecified atom stereocenters. The van der Waals surface area contributed by atoms with Gasteiger partial charge in [0.15, 0.2) is 0 Å². The van der Waals surface area contributed by atoms with Crippen LogP contribution in [-0.4, -0.2) is 13.0 Å². The summed E-state index contributed by atoms with van der Waals surface area (Å²) < 4.78 is 4.98. The number of benzene rings is 1. The van der Waals surface area contributed by atoms with Crippen LogP contribution in [0.3, 0.4) is 0 Å². The Balaban J connectivity index is 2.60. The zero-order valence-electron chi connectivity index (χ0n) is 7.91. The molecule has 1 N–H and O–H groups in total. The number of hydrogen-bond acceptors (Lipinski definition) is 2. The van der Waals surface area contributed by atoms with Crippen LogP contribution in [0, 0.1) is 12.3 Å². The Morgan fingerprint density at radius 2 is 2.14 bits per heavy atom. The average Bonchev–Trinajstić information content (AvgIpc) is 2.19. The molecule has 1 aromatic rings. The minimum Gasteiger partial charge on any atom is -0.497 e. The van der Waals surface area contributed by atoms with Gasteiger partial charge in [-0.15, -0.1) is 6.42 Å². The highest BCUT2D eigenvalue weighted by molar-refractivity contribution is 5.92. The SMILES string of the molecule is C#CCC(=O)Nc1ccc(OC)cc1. The third-order valence-corrected chi connectivity index (χ3v) is 1.64. The largest absolute Gasteiger partial charge is 0.497 e. The summed E-state index contributed by atoms with van der Waals surface area (Å²) in [5.41, 5.74) is 0.714. The minimum atomic E-state index is -0.183.